The van der Waals surface area contributed by atoms with Gasteiger partial charge in [-0.15, -0.1) is 0 Å². The highest BCUT2D eigenvalue weighted by Gasteiger charge is 2.47. The van der Waals surface area contributed by atoms with Gasteiger partial charge in [-0.3, -0.25) is 4.90 Å². The van der Waals surface area contributed by atoms with Gasteiger partial charge < -0.3 is 9.22 Å². The lowest BCUT2D eigenvalue weighted by Crippen LogP contribution is -2.65. The molecule has 0 unspecified atom stereocenters. The molecule has 37 heavy (non-hydrogen) atoms. The quantitative estimate of drug-likeness (QED) is 0.156. The Morgan fingerprint density at radius 3 is 2.49 bits per heavy atom. The molecule has 0 saturated carbocycles. The van der Waals surface area contributed by atoms with E-state index in [1.807, 2.05) is 6.07 Å². The number of hydrogen-bond donors (Lipinski definition) is 0. The molecule has 3 saturated heterocycles. The van der Waals surface area contributed by atoms with Crippen molar-refractivity contribution >= 4 is 23.5 Å². The first-order valence-corrected chi connectivity index (χ1v) is 13.7. The van der Waals surface area contributed by atoms with Crippen molar-refractivity contribution < 1.29 is 22.8 Å². The second kappa shape index (κ2) is 11.6. The number of fused-ring (bicyclic) bond motifs is 3. The third kappa shape index (κ3) is 6.27. The molecule has 6 rings (SSSR count). The van der Waals surface area contributed by atoms with Crippen LogP contribution >= 0.6 is 11.8 Å². The van der Waals surface area contributed by atoms with E-state index in [1.165, 1.54) is 23.1 Å². The number of rotatable bonds is 9. The van der Waals surface area contributed by atoms with Crippen LogP contribution in [0, 0.1) is 17.6 Å². The number of aromatic nitrogens is 2. The Labute approximate surface area is 220 Å². The standard InChI is InChI=1S/C28H31F2N4O2S/c29-23-9-7-21(8-10-23)19-33(25-6-2-1-5-24(25)30)28(35)36-26-20-34(16-11-22(26)12-17-34)15-4-18-37-27-31-13-3-14-32-27/h1-3,5-10,13-14,22,26H,4,11-12,15-20H2/q+1/t22?,26-,34?/m0/s1. The molecule has 2 aromatic carbocycles. The first-order valence-electron chi connectivity index (χ1n) is 12.7. The van der Waals surface area contributed by atoms with Crippen molar-refractivity contribution in [2.75, 3.05) is 36.8 Å². The summed E-state index contributed by atoms with van der Waals surface area (Å²) in [7, 11) is 0. The number of nitrogens with zero attached hydrogens (tertiary/aromatic N) is 4. The maximum absolute atomic E-state index is 14.7. The summed E-state index contributed by atoms with van der Waals surface area (Å²) in [6, 6.07) is 13.9. The third-order valence-electron chi connectivity index (χ3n) is 7.46. The number of hydrogen-bond acceptors (Lipinski definition) is 5. The highest BCUT2D eigenvalue weighted by Crippen LogP contribution is 2.37. The number of ether oxygens (including phenoxy) is 1. The van der Waals surface area contributed by atoms with Gasteiger partial charge in [-0.2, -0.15) is 0 Å². The molecule has 1 atom stereocenters. The normalized spacial score (nSPS) is 22.5. The van der Waals surface area contributed by atoms with Gasteiger partial charge in [-0.05, 0) is 35.9 Å². The molecule has 0 N–H and O–H groups in total. The molecule has 1 amide bonds. The van der Waals surface area contributed by atoms with Crippen molar-refractivity contribution in [1.29, 1.82) is 0 Å². The lowest BCUT2D eigenvalue weighted by Gasteiger charge is -2.52. The largest absolute Gasteiger partial charge is 0.440 e. The van der Waals surface area contributed by atoms with Crippen LogP contribution in [0.3, 0.4) is 0 Å². The Kier molecular flexibility index (Phi) is 8.00. The number of halogens is 2. The number of benzene rings is 2. The molecule has 9 heteroatoms. The fraction of sp³-hybridized carbons (Fsp3) is 0.393. The fourth-order valence-electron chi connectivity index (χ4n) is 5.48. The molecule has 194 valence electrons. The van der Waals surface area contributed by atoms with Gasteiger partial charge in [0.05, 0.1) is 31.9 Å². The van der Waals surface area contributed by atoms with E-state index in [2.05, 4.69) is 9.97 Å². The summed E-state index contributed by atoms with van der Waals surface area (Å²) in [5, 5.41) is 0.793. The second-order valence-corrected chi connectivity index (χ2v) is 10.9. The SMILES string of the molecule is O=C(O[C@H]1C[N+]2(CCCSc3ncccn3)CCC1CC2)N(Cc1ccc(F)cc1)c1ccccc1F. The van der Waals surface area contributed by atoms with Crippen molar-refractivity contribution in [2.24, 2.45) is 5.92 Å². The zero-order valence-corrected chi connectivity index (χ0v) is 21.5. The molecular weight excluding hydrogens is 494 g/mol. The minimum Gasteiger partial charge on any atom is -0.440 e. The Balaban J connectivity index is 1.24. The maximum Gasteiger partial charge on any atom is 0.415 e. The highest BCUT2D eigenvalue weighted by molar-refractivity contribution is 7.99. The average Bonchev–Trinajstić information content (AvgIpc) is 2.92. The molecule has 4 heterocycles. The van der Waals surface area contributed by atoms with Crippen molar-refractivity contribution in [1.82, 2.24) is 9.97 Å². The number of carbonyl (C=O) groups excluding carboxylic acids is 1. The van der Waals surface area contributed by atoms with Crippen LogP contribution < -0.4 is 4.90 Å². The second-order valence-electron chi connectivity index (χ2n) is 9.85. The topological polar surface area (TPSA) is 55.3 Å². The van der Waals surface area contributed by atoms with E-state index < -0.39 is 11.9 Å². The van der Waals surface area contributed by atoms with E-state index in [9.17, 15) is 13.6 Å². The van der Waals surface area contributed by atoms with Crippen LogP contribution in [0.1, 0.15) is 24.8 Å². The Morgan fingerprint density at radius 2 is 1.76 bits per heavy atom. The highest BCUT2D eigenvalue weighted by atomic mass is 32.2. The zero-order valence-electron chi connectivity index (χ0n) is 20.6. The van der Waals surface area contributed by atoms with Crippen molar-refractivity contribution in [3.8, 4) is 0 Å². The number of para-hydroxylation sites is 1. The third-order valence-corrected chi connectivity index (χ3v) is 8.42. The van der Waals surface area contributed by atoms with Gasteiger partial charge >= 0.3 is 6.09 Å². The lowest BCUT2D eigenvalue weighted by atomic mass is 9.83. The number of carbonyl (C=O) groups is 1. The number of piperidine rings is 3. The van der Waals surface area contributed by atoms with Crippen LogP contribution in [0.5, 0.6) is 0 Å². The van der Waals surface area contributed by atoms with Crippen molar-refractivity contribution in [2.45, 2.75) is 37.1 Å². The van der Waals surface area contributed by atoms with Gasteiger partial charge in [-0.25, -0.2) is 23.5 Å². The molecule has 1 aromatic heterocycles. The summed E-state index contributed by atoms with van der Waals surface area (Å²) < 4.78 is 35.2. The molecule has 3 aromatic rings. The summed E-state index contributed by atoms with van der Waals surface area (Å²) in [6.45, 7) is 4.09. The summed E-state index contributed by atoms with van der Waals surface area (Å²) in [5.41, 5.74) is 0.848. The smallest absolute Gasteiger partial charge is 0.415 e. The fourth-order valence-corrected chi connectivity index (χ4v) is 6.20. The Hall–Kier alpha value is -3.04. The van der Waals surface area contributed by atoms with Gasteiger partial charge in [0, 0.05) is 43.3 Å². The van der Waals surface area contributed by atoms with Gasteiger partial charge in [0.1, 0.15) is 18.2 Å². The number of thioether (sulfide) groups is 1. The van der Waals surface area contributed by atoms with Crippen LogP contribution in [-0.2, 0) is 11.3 Å². The first kappa shape index (κ1) is 25.6. The van der Waals surface area contributed by atoms with Crippen molar-refractivity contribution in [3.05, 3.63) is 84.2 Å². The molecule has 0 spiro atoms. The average molecular weight is 526 g/mol. The molecule has 3 fully saturated rings. The molecule has 6 nitrogen and oxygen atoms in total. The van der Waals surface area contributed by atoms with Crippen LogP contribution in [0.25, 0.3) is 0 Å². The Bertz CT molecular complexity index is 1190. The van der Waals surface area contributed by atoms with E-state index in [4.69, 9.17) is 4.74 Å². The maximum atomic E-state index is 14.7. The van der Waals surface area contributed by atoms with E-state index in [0.29, 0.717) is 11.5 Å². The molecule has 3 aliphatic heterocycles. The minimum atomic E-state index is -0.567. The van der Waals surface area contributed by atoms with Crippen LogP contribution in [0.15, 0.2) is 72.1 Å². The molecule has 3 aliphatic rings. The molecule has 0 aliphatic carbocycles. The van der Waals surface area contributed by atoms with Gasteiger partial charge in [0.25, 0.3) is 0 Å². The van der Waals surface area contributed by atoms with E-state index in [-0.39, 0.29) is 24.2 Å². The summed E-state index contributed by atoms with van der Waals surface area (Å²) >= 11 is 1.66. The number of anilines is 1. The Morgan fingerprint density at radius 1 is 1.03 bits per heavy atom. The predicted octanol–water partition coefficient (Wildman–Crippen LogP) is 5.69. The lowest BCUT2D eigenvalue weighted by molar-refractivity contribution is -0.946. The summed E-state index contributed by atoms with van der Waals surface area (Å²) in [4.78, 5) is 23.3. The van der Waals surface area contributed by atoms with Gasteiger partial charge in [-0.1, -0.05) is 36.0 Å². The minimum absolute atomic E-state index is 0.0935. The molecule has 2 bridgehead atoms. The molecular formula is C28H31F2N4O2S+. The number of quaternary nitrogens is 1. The summed E-state index contributed by atoms with van der Waals surface area (Å²) in [5.74, 6) is 0.402. The van der Waals surface area contributed by atoms with E-state index in [0.717, 1.165) is 60.8 Å². The monoisotopic (exact) mass is 525 g/mol. The van der Waals surface area contributed by atoms with Gasteiger partial charge in [0.2, 0.25) is 0 Å². The predicted molar refractivity (Wildman–Crippen MR) is 139 cm³/mol. The van der Waals surface area contributed by atoms with Crippen molar-refractivity contribution in [3.63, 3.8) is 0 Å². The number of amides is 1. The van der Waals surface area contributed by atoms with Crippen LogP contribution in [0.4, 0.5) is 19.3 Å². The summed E-state index contributed by atoms with van der Waals surface area (Å²) in [6.07, 6.45) is 5.80. The van der Waals surface area contributed by atoms with Gasteiger partial charge in [0.15, 0.2) is 11.3 Å². The van der Waals surface area contributed by atoms with Crippen LogP contribution in [-0.4, -0.2) is 58.6 Å². The van der Waals surface area contributed by atoms with E-state index in [1.54, 1.807) is 54.5 Å². The van der Waals surface area contributed by atoms with Crippen LogP contribution in [0.2, 0.25) is 0 Å². The zero-order chi connectivity index (χ0) is 25.7. The molecule has 0 radical (unpaired) electrons. The first-order chi connectivity index (χ1) is 18.0. The van der Waals surface area contributed by atoms with E-state index >= 15 is 0 Å².